The Morgan fingerprint density at radius 2 is 2.04 bits per heavy atom. The number of hydrogen-bond donors (Lipinski definition) is 1. The van der Waals surface area contributed by atoms with Crippen molar-refractivity contribution in [3.63, 3.8) is 0 Å². The molecule has 7 heteroatoms. The highest BCUT2D eigenvalue weighted by molar-refractivity contribution is 7.89. The van der Waals surface area contributed by atoms with Crippen LogP contribution in [-0.2, 0) is 21.2 Å². The molecule has 0 saturated carbocycles. The molecule has 146 valence electrons. The van der Waals surface area contributed by atoms with E-state index >= 15 is 0 Å². The van der Waals surface area contributed by atoms with Crippen LogP contribution in [0.3, 0.4) is 0 Å². The molecule has 0 bridgehead atoms. The number of ether oxygens (including phenoxy) is 1. The van der Waals surface area contributed by atoms with Crippen molar-refractivity contribution in [3.05, 3.63) is 61.2 Å². The average molecular weight is 391 g/mol. The molecule has 2 atom stereocenters. The van der Waals surface area contributed by atoms with Crippen LogP contribution in [0.5, 0.6) is 5.75 Å². The minimum atomic E-state index is -3.94. The Labute approximate surface area is 160 Å². The molecule has 0 spiro atoms. The van der Waals surface area contributed by atoms with Gasteiger partial charge in [0.05, 0.1) is 13.5 Å². The van der Waals surface area contributed by atoms with E-state index in [1.54, 1.807) is 18.2 Å². The first-order valence-electron chi connectivity index (χ1n) is 8.65. The lowest BCUT2D eigenvalue weighted by molar-refractivity contribution is -0.136. The number of carbonyl (C=O) groups is 1. The minimum Gasteiger partial charge on any atom is -0.495 e. The molecule has 0 amide bonds. The van der Waals surface area contributed by atoms with Gasteiger partial charge in [-0.25, -0.2) is 8.42 Å². The van der Waals surface area contributed by atoms with Crippen molar-refractivity contribution in [3.8, 4) is 5.75 Å². The van der Waals surface area contributed by atoms with E-state index in [1.807, 2.05) is 12.2 Å². The molecule has 1 aromatic rings. The van der Waals surface area contributed by atoms with Crippen LogP contribution in [0.1, 0.15) is 24.8 Å². The molecule has 0 unspecified atom stereocenters. The fourth-order valence-corrected chi connectivity index (χ4v) is 5.30. The second-order valence-electron chi connectivity index (χ2n) is 6.32. The Balaban J connectivity index is 2.58. The lowest BCUT2D eigenvalue weighted by Gasteiger charge is -2.37. The van der Waals surface area contributed by atoms with Crippen molar-refractivity contribution in [1.82, 2.24) is 4.31 Å². The van der Waals surface area contributed by atoms with E-state index in [2.05, 4.69) is 13.2 Å². The smallest absolute Gasteiger partial charge is 0.307 e. The first kappa shape index (κ1) is 20.9. The predicted molar refractivity (Wildman–Crippen MR) is 104 cm³/mol. The number of methoxy groups -OCH3 is 1. The number of hydrogen-bond acceptors (Lipinski definition) is 4. The van der Waals surface area contributed by atoms with E-state index in [9.17, 15) is 13.2 Å². The van der Waals surface area contributed by atoms with Crippen molar-refractivity contribution in [2.45, 2.75) is 42.7 Å². The van der Waals surface area contributed by atoms with Gasteiger partial charge in [-0.05, 0) is 37.0 Å². The van der Waals surface area contributed by atoms with Gasteiger partial charge < -0.3 is 9.84 Å². The van der Waals surface area contributed by atoms with Gasteiger partial charge in [-0.3, -0.25) is 4.79 Å². The highest BCUT2D eigenvalue weighted by Gasteiger charge is 2.38. The van der Waals surface area contributed by atoms with Crippen LogP contribution < -0.4 is 4.74 Å². The lowest BCUT2D eigenvalue weighted by Crippen LogP contribution is -2.47. The summed E-state index contributed by atoms with van der Waals surface area (Å²) in [7, 11) is -2.54. The summed E-state index contributed by atoms with van der Waals surface area (Å²) in [4.78, 5) is 11.0. The van der Waals surface area contributed by atoms with Crippen LogP contribution >= 0.6 is 0 Å². The van der Waals surface area contributed by atoms with Crippen molar-refractivity contribution < 1.29 is 23.1 Å². The molecule has 1 aromatic carbocycles. The molecule has 6 nitrogen and oxygen atoms in total. The fraction of sp³-hybridized carbons (Fsp3) is 0.350. The van der Waals surface area contributed by atoms with Crippen molar-refractivity contribution in [2.75, 3.05) is 7.11 Å². The number of carboxylic acid groups (broad SMARTS) is 1. The van der Waals surface area contributed by atoms with Gasteiger partial charge in [0.2, 0.25) is 10.0 Å². The summed E-state index contributed by atoms with van der Waals surface area (Å²) in [5.41, 5.74) is 0.398. The van der Waals surface area contributed by atoms with Crippen LogP contribution in [-0.4, -0.2) is 43.0 Å². The van der Waals surface area contributed by atoms with E-state index in [0.29, 0.717) is 24.8 Å². The number of aliphatic carboxylic acids is 1. The molecule has 0 radical (unpaired) electrons. The average Bonchev–Trinajstić information content (AvgIpc) is 2.61. The van der Waals surface area contributed by atoms with Gasteiger partial charge in [-0.15, -0.1) is 13.2 Å². The molecular formula is C20H25NO5S. The molecule has 0 aromatic heterocycles. The Morgan fingerprint density at radius 1 is 1.33 bits per heavy atom. The number of carboxylic acids is 1. The molecular weight excluding hydrogens is 366 g/mol. The Hall–Kier alpha value is -2.38. The zero-order valence-corrected chi connectivity index (χ0v) is 16.2. The molecule has 1 aliphatic heterocycles. The Bertz CT molecular complexity index is 844. The van der Waals surface area contributed by atoms with E-state index in [-0.39, 0.29) is 29.1 Å². The highest BCUT2D eigenvalue weighted by atomic mass is 32.2. The Morgan fingerprint density at radius 3 is 2.63 bits per heavy atom. The third-order valence-electron chi connectivity index (χ3n) is 4.44. The maximum Gasteiger partial charge on any atom is 0.307 e. The van der Waals surface area contributed by atoms with Crippen LogP contribution in [0.15, 0.2) is 60.6 Å². The van der Waals surface area contributed by atoms with Gasteiger partial charge in [0.15, 0.2) is 0 Å². The predicted octanol–water partition coefficient (Wildman–Crippen LogP) is 3.16. The molecule has 0 aliphatic carbocycles. The van der Waals surface area contributed by atoms with Crippen molar-refractivity contribution >= 4 is 16.0 Å². The van der Waals surface area contributed by atoms with Crippen molar-refractivity contribution in [2.24, 2.45) is 0 Å². The zero-order valence-electron chi connectivity index (χ0n) is 15.4. The topological polar surface area (TPSA) is 83.9 Å². The summed E-state index contributed by atoms with van der Waals surface area (Å²) in [6.07, 6.45) is 8.53. The summed E-state index contributed by atoms with van der Waals surface area (Å²) in [5.74, 6) is -0.841. The molecule has 0 fully saturated rings. The third kappa shape index (κ3) is 4.67. The monoisotopic (exact) mass is 391 g/mol. The van der Waals surface area contributed by atoms with Gasteiger partial charge in [0.1, 0.15) is 10.6 Å². The number of rotatable bonds is 9. The first-order valence-corrected chi connectivity index (χ1v) is 10.1. The summed E-state index contributed by atoms with van der Waals surface area (Å²) >= 11 is 0. The summed E-state index contributed by atoms with van der Waals surface area (Å²) in [5, 5.41) is 9.04. The highest BCUT2D eigenvalue weighted by Crippen LogP contribution is 2.34. The molecule has 0 saturated heterocycles. The first-order chi connectivity index (χ1) is 12.8. The number of nitrogens with zero attached hydrogens (tertiary/aromatic N) is 1. The number of sulfonamides is 1. The standard InChI is InChI=1S/C20H25NO5S/c1-4-7-16-9-6-10-17(8-5-2)21(16)27(24,25)19-13-15(14-20(22)23)11-12-18(19)26-3/h4-6,9,11-13,16-17H,1-2,7-8,10,14H2,3H3,(H,22,23)/t16-,17-/m1/s1. The van der Waals surface area contributed by atoms with Crippen LogP contribution in [0.25, 0.3) is 0 Å². The van der Waals surface area contributed by atoms with Crippen molar-refractivity contribution in [1.29, 1.82) is 0 Å². The van der Waals surface area contributed by atoms with E-state index in [4.69, 9.17) is 9.84 Å². The molecule has 1 heterocycles. The van der Waals surface area contributed by atoms with Gasteiger partial charge in [-0.2, -0.15) is 4.31 Å². The number of benzene rings is 1. The maximum atomic E-state index is 13.6. The SMILES string of the molecule is C=CC[C@@H]1CC=C[C@@H](CC=C)N1S(=O)(=O)c1cc(CC(=O)O)ccc1OC. The molecule has 1 aliphatic rings. The third-order valence-corrected chi connectivity index (χ3v) is 6.44. The maximum absolute atomic E-state index is 13.6. The molecule has 27 heavy (non-hydrogen) atoms. The van der Waals surface area contributed by atoms with E-state index in [1.165, 1.54) is 23.5 Å². The quantitative estimate of drug-likeness (QED) is 0.654. The normalized spacial score (nSPS) is 20.2. The summed E-state index contributed by atoms with van der Waals surface area (Å²) in [6.45, 7) is 7.47. The Kier molecular flexibility index (Phi) is 6.98. The minimum absolute atomic E-state index is 0.0258. The zero-order chi connectivity index (χ0) is 20.0. The van der Waals surface area contributed by atoms with E-state index < -0.39 is 16.0 Å². The van der Waals surface area contributed by atoms with E-state index in [0.717, 1.165) is 0 Å². The van der Waals surface area contributed by atoms with Crippen LogP contribution in [0.4, 0.5) is 0 Å². The largest absolute Gasteiger partial charge is 0.495 e. The van der Waals surface area contributed by atoms with Gasteiger partial charge in [0, 0.05) is 12.1 Å². The summed E-state index contributed by atoms with van der Waals surface area (Å²) in [6, 6.07) is 3.81. The molecule has 1 N–H and O–H groups in total. The van der Waals surface area contributed by atoms with Gasteiger partial charge in [-0.1, -0.05) is 30.4 Å². The van der Waals surface area contributed by atoms with Gasteiger partial charge in [0.25, 0.3) is 0 Å². The van der Waals surface area contributed by atoms with Gasteiger partial charge >= 0.3 is 5.97 Å². The lowest BCUT2D eigenvalue weighted by atomic mass is 10.0. The second-order valence-corrected chi connectivity index (χ2v) is 8.14. The second kappa shape index (κ2) is 9.01. The summed E-state index contributed by atoms with van der Waals surface area (Å²) < 4.78 is 33.9. The fourth-order valence-electron chi connectivity index (χ4n) is 3.29. The van der Waals surface area contributed by atoms with Crippen LogP contribution in [0, 0.1) is 0 Å². The van der Waals surface area contributed by atoms with Crippen LogP contribution in [0.2, 0.25) is 0 Å². The molecule has 2 rings (SSSR count).